The fourth-order valence-corrected chi connectivity index (χ4v) is 5.46. The Morgan fingerprint density at radius 2 is 1.57 bits per heavy atom. The Hall–Kier alpha value is -4.12. The Kier molecular flexibility index (Phi) is 15.2. The van der Waals surface area contributed by atoms with Crippen LogP contribution in [-0.2, 0) is 25.5 Å². The molecule has 8 N–H and O–H groups in total. The molecule has 12 heteroatoms. The lowest BCUT2D eigenvalue weighted by atomic mass is 9.82. The van der Waals surface area contributed by atoms with Crippen LogP contribution in [0, 0.1) is 5.92 Å². The molecule has 2 aromatic carbocycles. The molecule has 3 rings (SSSR count). The first-order valence-corrected chi connectivity index (χ1v) is 15.0. The van der Waals surface area contributed by atoms with Crippen molar-refractivity contribution in [3.05, 3.63) is 71.3 Å². The maximum absolute atomic E-state index is 14.0. The van der Waals surface area contributed by atoms with Crippen molar-refractivity contribution in [2.24, 2.45) is 28.1 Å². The summed E-state index contributed by atoms with van der Waals surface area (Å²) in [7, 11) is 0. The fourth-order valence-electron chi connectivity index (χ4n) is 5.46. The summed E-state index contributed by atoms with van der Waals surface area (Å²) in [6.07, 6.45) is 5.65. The predicted molar refractivity (Wildman–Crippen MR) is 172 cm³/mol. The lowest BCUT2D eigenvalue weighted by molar-refractivity contribution is -0.148. The number of amides is 3. The van der Waals surface area contributed by atoms with Crippen molar-refractivity contribution in [2.45, 2.75) is 76.3 Å². The van der Waals surface area contributed by atoms with E-state index in [1.54, 1.807) is 31.2 Å². The number of ether oxygens (including phenoxy) is 1. The highest BCUT2D eigenvalue weighted by Gasteiger charge is 2.35. The minimum absolute atomic E-state index is 0. The topological polar surface area (TPSA) is 192 Å². The SMILES string of the molecule is CCOC(=O)[C@H](CCCN=C(N)N)NC(=O)[C@@H](NC(=O)C(Cc1ccc(C(N)=O)cc1)c1ccccc1)C1CCCCC1.Cl. The second-order valence-corrected chi connectivity index (χ2v) is 10.9. The van der Waals surface area contributed by atoms with E-state index in [2.05, 4.69) is 15.6 Å². The van der Waals surface area contributed by atoms with E-state index < -0.39 is 35.8 Å². The largest absolute Gasteiger partial charge is 0.464 e. The maximum atomic E-state index is 14.0. The van der Waals surface area contributed by atoms with Crippen LogP contribution < -0.4 is 27.8 Å². The van der Waals surface area contributed by atoms with Gasteiger partial charge in [-0.2, -0.15) is 0 Å². The van der Waals surface area contributed by atoms with Gasteiger partial charge in [0.1, 0.15) is 12.1 Å². The Morgan fingerprint density at radius 3 is 2.16 bits per heavy atom. The lowest BCUT2D eigenvalue weighted by Crippen LogP contribution is -2.55. The maximum Gasteiger partial charge on any atom is 0.328 e. The number of carbonyl (C=O) groups excluding carboxylic acids is 4. The van der Waals surface area contributed by atoms with Gasteiger partial charge in [0.15, 0.2) is 5.96 Å². The number of primary amides is 1. The number of nitrogens with two attached hydrogens (primary N) is 3. The van der Waals surface area contributed by atoms with Crippen LogP contribution in [0.5, 0.6) is 0 Å². The van der Waals surface area contributed by atoms with Gasteiger partial charge < -0.3 is 32.6 Å². The first-order chi connectivity index (χ1) is 20.7. The van der Waals surface area contributed by atoms with Gasteiger partial charge in [0.2, 0.25) is 17.7 Å². The molecule has 0 spiro atoms. The van der Waals surface area contributed by atoms with Gasteiger partial charge in [-0.3, -0.25) is 19.4 Å². The molecule has 3 amide bonds. The zero-order valence-corrected chi connectivity index (χ0v) is 26.0. The number of esters is 1. The molecule has 44 heavy (non-hydrogen) atoms. The molecule has 0 aliphatic heterocycles. The van der Waals surface area contributed by atoms with Crippen LogP contribution in [0.15, 0.2) is 59.6 Å². The summed E-state index contributed by atoms with van der Waals surface area (Å²) in [5, 5.41) is 5.92. The first-order valence-electron chi connectivity index (χ1n) is 15.0. The number of aliphatic imine (C=N–C) groups is 1. The quantitative estimate of drug-likeness (QED) is 0.0866. The van der Waals surface area contributed by atoms with Crippen LogP contribution in [0.3, 0.4) is 0 Å². The second-order valence-electron chi connectivity index (χ2n) is 10.9. The number of hydrogen-bond donors (Lipinski definition) is 5. The molecule has 2 aromatic rings. The zero-order chi connectivity index (χ0) is 31.2. The monoisotopic (exact) mass is 628 g/mol. The second kappa shape index (κ2) is 18.5. The molecular weight excluding hydrogens is 584 g/mol. The molecule has 0 saturated heterocycles. The highest BCUT2D eigenvalue weighted by atomic mass is 35.5. The molecule has 1 fully saturated rings. The van der Waals surface area contributed by atoms with Crippen molar-refractivity contribution in [3.63, 3.8) is 0 Å². The molecule has 0 aromatic heterocycles. The third kappa shape index (κ3) is 11.2. The summed E-state index contributed by atoms with van der Waals surface area (Å²) < 4.78 is 5.22. The van der Waals surface area contributed by atoms with Crippen molar-refractivity contribution < 1.29 is 23.9 Å². The molecule has 1 aliphatic carbocycles. The van der Waals surface area contributed by atoms with Gasteiger partial charge in [0, 0.05) is 12.1 Å². The van der Waals surface area contributed by atoms with Crippen LogP contribution in [0.4, 0.5) is 0 Å². The number of guanidine groups is 1. The average Bonchev–Trinajstić information content (AvgIpc) is 3.01. The van der Waals surface area contributed by atoms with Crippen molar-refractivity contribution >= 4 is 42.1 Å². The van der Waals surface area contributed by atoms with Crippen LogP contribution in [0.25, 0.3) is 0 Å². The average molecular weight is 629 g/mol. The summed E-state index contributed by atoms with van der Waals surface area (Å²) in [6, 6.07) is 14.5. The van der Waals surface area contributed by atoms with Gasteiger partial charge in [-0.05, 0) is 68.2 Å². The van der Waals surface area contributed by atoms with E-state index >= 15 is 0 Å². The number of nitrogens with one attached hydrogen (secondary N) is 2. The van der Waals surface area contributed by atoms with Gasteiger partial charge in [-0.25, -0.2) is 4.79 Å². The molecule has 0 bridgehead atoms. The summed E-state index contributed by atoms with van der Waals surface area (Å²) in [5.41, 5.74) is 18.2. The van der Waals surface area contributed by atoms with E-state index in [9.17, 15) is 19.2 Å². The summed E-state index contributed by atoms with van der Waals surface area (Å²) in [5.74, 6) is -2.51. The normalized spacial score (nSPS) is 15.0. The van der Waals surface area contributed by atoms with E-state index in [0.717, 1.165) is 43.2 Å². The third-order valence-electron chi connectivity index (χ3n) is 7.73. The molecule has 0 radical (unpaired) electrons. The van der Waals surface area contributed by atoms with Crippen molar-refractivity contribution in [1.82, 2.24) is 10.6 Å². The third-order valence-corrected chi connectivity index (χ3v) is 7.73. The smallest absolute Gasteiger partial charge is 0.328 e. The summed E-state index contributed by atoms with van der Waals surface area (Å²) >= 11 is 0. The number of rotatable bonds is 15. The molecule has 1 aliphatic rings. The van der Waals surface area contributed by atoms with E-state index in [1.165, 1.54) is 0 Å². The van der Waals surface area contributed by atoms with Crippen LogP contribution in [0.2, 0.25) is 0 Å². The molecule has 3 atom stereocenters. The lowest BCUT2D eigenvalue weighted by Gasteiger charge is -2.32. The standard InChI is InChI=1S/C32H44N6O5.ClH/c1-2-43-31(42)26(14-9-19-36-32(34)35)37-30(41)27(23-12-7-4-8-13-23)38-29(40)25(22-10-5-3-6-11-22)20-21-15-17-24(18-16-21)28(33)39;/h3,5-6,10-11,15-18,23,25-27H,2,4,7-9,12-14,19-20H2,1H3,(H2,33,39)(H,37,41)(H,38,40)(H4,34,35,36);1H/t25?,26-,27-;/m0./s1. The van der Waals surface area contributed by atoms with E-state index in [0.29, 0.717) is 24.9 Å². The highest BCUT2D eigenvalue weighted by Crippen LogP contribution is 2.28. The number of carbonyl (C=O) groups is 4. The minimum atomic E-state index is -0.904. The Balaban J connectivity index is 0.00000675. The highest BCUT2D eigenvalue weighted by molar-refractivity contribution is 5.94. The Labute approximate surface area is 265 Å². The molecule has 0 heterocycles. The zero-order valence-electron chi connectivity index (χ0n) is 25.2. The number of benzene rings is 2. The molecule has 11 nitrogen and oxygen atoms in total. The van der Waals surface area contributed by atoms with Crippen molar-refractivity contribution in [3.8, 4) is 0 Å². The van der Waals surface area contributed by atoms with Gasteiger partial charge >= 0.3 is 5.97 Å². The van der Waals surface area contributed by atoms with Gasteiger partial charge in [0.25, 0.3) is 0 Å². The van der Waals surface area contributed by atoms with Gasteiger partial charge in [-0.1, -0.05) is 61.7 Å². The summed E-state index contributed by atoms with van der Waals surface area (Å²) in [4.78, 5) is 56.0. The fraction of sp³-hybridized carbons (Fsp3) is 0.469. The number of nitrogens with zero attached hydrogens (tertiary/aromatic N) is 1. The first kappa shape index (κ1) is 36.1. The van der Waals surface area contributed by atoms with E-state index in [1.807, 2.05) is 30.3 Å². The predicted octanol–water partition coefficient (Wildman–Crippen LogP) is 2.70. The van der Waals surface area contributed by atoms with Crippen molar-refractivity contribution in [1.29, 1.82) is 0 Å². The molecule has 1 unspecified atom stereocenters. The van der Waals surface area contributed by atoms with Crippen LogP contribution >= 0.6 is 12.4 Å². The summed E-state index contributed by atoms with van der Waals surface area (Å²) in [6.45, 7) is 2.17. The van der Waals surface area contributed by atoms with E-state index in [-0.39, 0.29) is 43.2 Å². The minimum Gasteiger partial charge on any atom is -0.464 e. The van der Waals surface area contributed by atoms with E-state index in [4.69, 9.17) is 21.9 Å². The van der Waals surface area contributed by atoms with Crippen LogP contribution in [0.1, 0.15) is 79.3 Å². The van der Waals surface area contributed by atoms with Gasteiger partial charge in [-0.15, -0.1) is 12.4 Å². The molecule has 240 valence electrons. The number of halogens is 1. The Bertz CT molecular complexity index is 1250. The van der Waals surface area contributed by atoms with Crippen LogP contribution in [-0.4, -0.2) is 54.9 Å². The number of hydrogen-bond acceptors (Lipinski definition) is 6. The molecular formula is C32H45ClN6O5. The molecule has 1 saturated carbocycles. The van der Waals surface area contributed by atoms with Crippen molar-refractivity contribution in [2.75, 3.05) is 13.2 Å². The van der Waals surface area contributed by atoms with Gasteiger partial charge in [0.05, 0.1) is 12.5 Å². The Morgan fingerprint density at radius 1 is 0.909 bits per heavy atom.